The number of nitrogens with zero attached hydrogens (tertiary/aromatic N) is 4. The Balaban J connectivity index is 2.00. The third-order valence-electron chi connectivity index (χ3n) is 3.35. The zero-order valence-electron chi connectivity index (χ0n) is 11.5. The first-order valence-electron chi connectivity index (χ1n) is 6.67. The van der Waals surface area contributed by atoms with E-state index in [9.17, 15) is 4.79 Å². The van der Waals surface area contributed by atoms with Crippen molar-refractivity contribution >= 4 is 17.0 Å². The van der Waals surface area contributed by atoms with Gasteiger partial charge in [-0.3, -0.25) is 0 Å². The molecule has 1 aromatic carbocycles. The SMILES string of the molecule is CCc1nc2ccc(C(=O)O)cc2n1CCc1ncno1. The quantitative estimate of drug-likeness (QED) is 0.770. The summed E-state index contributed by atoms with van der Waals surface area (Å²) in [7, 11) is 0. The summed E-state index contributed by atoms with van der Waals surface area (Å²) in [5, 5.41) is 12.7. The van der Waals surface area contributed by atoms with Crippen molar-refractivity contribution < 1.29 is 14.4 Å². The van der Waals surface area contributed by atoms with Crippen LogP contribution in [0.15, 0.2) is 29.0 Å². The second-order valence-electron chi connectivity index (χ2n) is 4.63. The summed E-state index contributed by atoms with van der Waals surface area (Å²) in [5.41, 5.74) is 1.86. The maximum Gasteiger partial charge on any atom is 0.335 e. The van der Waals surface area contributed by atoms with Crippen molar-refractivity contribution in [3.63, 3.8) is 0 Å². The minimum absolute atomic E-state index is 0.254. The van der Waals surface area contributed by atoms with E-state index in [1.54, 1.807) is 18.2 Å². The summed E-state index contributed by atoms with van der Waals surface area (Å²) in [4.78, 5) is 19.6. The molecule has 0 amide bonds. The highest BCUT2D eigenvalue weighted by atomic mass is 16.5. The van der Waals surface area contributed by atoms with Crippen molar-refractivity contribution in [1.82, 2.24) is 19.7 Å². The van der Waals surface area contributed by atoms with E-state index in [-0.39, 0.29) is 5.56 Å². The molecule has 7 nitrogen and oxygen atoms in total. The Morgan fingerprint density at radius 2 is 2.29 bits per heavy atom. The molecule has 3 aromatic rings. The topological polar surface area (TPSA) is 94.0 Å². The lowest BCUT2D eigenvalue weighted by molar-refractivity contribution is 0.0697. The van der Waals surface area contributed by atoms with E-state index in [0.29, 0.717) is 18.9 Å². The largest absolute Gasteiger partial charge is 0.478 e. The summed E-state index contributed by atoms with van der Waals surface area (Å²) < 4.78 is 7.00. The molecule has 2 heterocycles. The maximum atomic E-state index is 11.1. The number of rotatable bonds is 5. The fourth-order valence-corrected chi connectivity index (χ4v) is 2.34. The molecule has 1 N–H and O–H groups in total. The van der Waals surface area contributed by atoms with Crippen LogP contribution in [-0.4, -0.2) is 30.8 Å². The molecule has 0 spiro atoms. The number of hydrogen-bond donors (Lipinski definition) is 1. The van der Waals surface area contributed by atoms with Gasteiger partial charge in [0.15, 0.2) is 6.33 Å². The number of carbonyl (C=O) groups is 1. The molecular formula is C14H14N4O3. The Hall–Kier alpha value is -2.70. The standard InChI is InChI=1S/C14H14N4O3/c1-2-12-17-10-4-3-9(14(19)20)7-11(10)18(12)6-5-13-15-8-16-21-13/h3-4,7-8H,2,5-6H2,1H3,(H,19,20). The van der Waals surface area contributed by atoms with Crippen LogP contribution in [0.3, 0.4) is 0 Å². The van der Waals surface area contributed by atoms with E-state index < -0.39 is 5.97 Å². The molecule has 0 unspecified atom stereocenters. The smallest absolute Gasteiger partial charge is 0.335 e. The molecular weight excluding hydrogens is 272 g/mol. The lowest BCUT2D eigenvalue weighted by Crippen LogP contribution is -2.06. The molecule has 108 valence electrons. The Morgan fingerprint density at radius 1 is 1.43 bits per heavy atom. The predicted molar refractivity (Wildman–Crippen MR) is 74.1 cm³/mol. The lowest BCUT2D eigenvalue weighted by atomic mass is 10.2. The number of aromatic carboxylic acids is 1. The first-order valence-corrected chi connectivity index (χ1v) is 6.67. The lowest BCUT2D eigenvalue weighted by Gasteiger charge is -2.06. The molecule has 0 saturated heterocycles. The number of benzene rings is 1. The van der Waals surface area contributed by atoms with Gasteiger partial charge in [0.25, 0.3) is 0 Å². The number of aryl methyl sites for hydroxylation is 3. The maximum absolute atomic E-state index is 11.1. The zero-order valence-corrected chi connectivity index (χ0v) is 11.5. The second kappa shape index (κ2) is 5.35. The minimum Gasteiger partial charge on any atom is -0.478 e. The highest BCUT2D eigenvalue weighted by Gasteiger charge is 2.13. The van der Waals surface area contributed by atoms with Crippen molar-refractivity contribution in [3.8, 4) is 0 Å². The zero-order chi connectivity index (χ0) is 14.8. The van der Waals surface area contributed by atoms with Gasteiger partial charge in [0.2, 0.25) is 5.89 Å². The molecule has 0 fully saturated rings. The summed E-state index contributed by atoms with van der Waals surface area (Å²) in [6, 6.07) is 4.96. The normalized spacial score (nSPS) is 11.1. The van der Waals surface area contributed by atoms with Gasteiger partial charge in [-0.1, -0.05) is 12.1 Å². The summed E-state index contributed by atoms with van der Waals surface area (Å²) in [5.74, 6) is 0.514. The Labute approximate surface area is 120 Å². The Kier molecular flexibility index (Phi) is 3.39. The third-order valence-corrected chi connectivity index (χ3v) is 3.35. The summed E-state index contributed by atoms with van der Waals surface area (Å²) >= 11 is 0. The highest BCUT2D eigenvalue weighted by molar-refractivity contribution is 5.92. The van der Waals surface area contributed by atoms with Crippen LogP contribution in [0.25, 0.3) is 11.0 Å². The van der Waals surface area contributed by atoms with Gasteiger partial charge in [-0.25, -0.2) is 9.78 Å². The first kappa shape index (κ1) is 13.3. The van der Waals surface area contributed by atoms with Gasteiger partial charge in [-0.2, -0.15) is 4.98 Å². The molecule has 0 radical (unpaired) electrons. The molecule has 2 aromatic heterocycles. The number of aromatic nitrogens is 4. The Morgan fingerprint density at radius 3 is 2.95 bits per heavy atom. The number of imidazole rings is 1. The van der Waals surface area contributed by atoms with Gasteiger partial charge >= 0.3 is 5.97 Å². The molecule has 0 aliphatic carbocycles. The molecule has 0 bridgehead atoms. The van der Waals surface area contributed by atoms with Crippen LogP contribution in [0.1, 0.15) is 29.0 Å². The van der Waals surface area contributed by atoms with Crippen LogP contribution in [-0.2, 0) is 19.4 Å². The highest BCUT2D eigenvalue weighted by Crippen LogP contribution is 2.19. The molecule has 0 aliphatic heterocycles. The van der Waals surface area contributed by atoms with E-state index in [0.717, 1.165) is 23.3 Å². The molecule has 0 atom stereocenters. The van der Waals surface area contributed by atoms with E-state index in [2.05, 4.69) is 15.1 Å². The number of fused-ring (bicyclic) bond motifs is 1. The van der Waals surface area contributed by atoms with Gasteiger partial charge in [-0.15, -0.1) is 0 Å². The van der Waals surface area contributed by atoms with Crippen LogP contribution >= 0.6 is 0 Å². The van der Waals surface area contributed by atoms with Crippen LogP contribution < -0.4 is 0 Å². The van der Waals surface area contributed by atoms with Gasteiger partial charge in [0.1, 0.15) is 5.82 Å². The van der Waals surface area contributed by atoms with E-state index >= 15 is 0 Å². The van der Waals surface area contributed by atoms with Crippen molar-refractivity contribution in [2.75, 3.05) is 0 Å². The molecule has 7 heteroatoms. The first-order chi connectivity index (χ1) is 10.2. The number of carboxylic acids is 1. The number of carboxylic acid groups (broad SMARTS) is 1. The van der Waals surface area contributed by atoms with Crippen molar-refractivity contribution in [1.29, 1.82) is 0 Å². The van der Waals surface area contributed by atoms with Gasteiger partial charge in [0.05, 0.1) is 16.6 Å². The molecule has 0 aliphatic rings. The van der Waals surface area contributed by atoms with Crippen LogP contribution in [0.4, 0.5) is 0 Å². The van der Waals surface area contributed by atoms with Crippen molar-refractivity contribution in [2.45, 2.75) is 26.3 Å². The average molecular weight is 286 g/mol. The van der Waals surface area contributed by atoms with Crippen molar-refractivity contribution in [3.05, 3.63) is 41.8 Å². The fraction of sp³-hybridized carbons (Fsp3) is 0.286. The predicted octanol–water partition coefficient (Wildman–Crippen LogP) is 1.92. The third kappa shape index (κ3) is 2.49. The minimum atomic E-state index is -0.945. The summed E-state index contributed by atoms with van der Waals surface area (Å²) in [6.45, 7) is 2.63. The Bertz CT molecular complexity index is 777. The molecule has 0 saturated carbocycles. The summed E-state index contributed by atoms with van der Waals surface area (Å²) in [6.07, 6.45) is 2.71. The van der Waals surface area contributed by atoms with Gasteiger partial charge in [-0.05, 0) is 18.2 Å². The monoisotopic (exact) mass is 286 g/mol. The van der Waals surface area contributed by atoms with Crippen molar-refractivity contribution in [2.24, 2.45) is 0 Å². The number of hydrogen-bond acceptors (Lipinski definition) is 5. The van der Waals surface area contributed by atoms with Crippen LogP contribution in [0, 0.1) is 0 Å². The van der Waals surface area contributed by atoms with E-state index in [4.69, 9.17) is 9.63 Å². The van der Waals surface area contributed by atoms with E-state index in [1.165, 1.54) is 6.33 Å². The second-order valence-corrected chi connectivity index (χ2v) is 4.63. The molecule has 3 rings (SSSR count). The van der Waals surface area contributed by atoms with Gasteiger partial charge in [0, 0.05) is 19.4 Å². The van der Waals surface area contributed by atoms with Gasteiger partial charge < -0.3 is 14.2 Å². The van der Waals surface area contributed by atoms with E-state index in [1.807, 2.05) is 11.5 Å². The molecule has 21 heavy (non-hydrogen) atoms. The van der Waals surface area contributed by atoms with Crippen LogP contribution in [0.2, 0.25) is 0 Å². The average Bonchev–Trinajstić information content (AvgIpc) is 3.11. The van der Waals surface area contributed by atoms with Crippen LogP contribution in [0.5, 0.6) is 0 Å². The fourth-order valence-electron chi connectivity index (χ4n) is 2.34.